The van der Waals surface area contributed by atoms with Crippen LogP contribution in [0.15, 0.2) is 24.3 Å². The molecule has 20 heavy (non-hydrogen) atoms. The summed E-state index contributed by atoms with van der Waals surface area (Å²) in [5.41, 5.74) is 1.37. The molecule has 0 bridgehead atoms. The standard InChI is InChI=1S/C17H28N2O/c1-6-17(2,19(4)5)16(18-3)13-8-7-9-15(12-13)20-14-10-11-14/h7-9,12,14,16,18H,6,10-11H2,1-5H3. The van der Waals surface area contributed by atoms with Crippen LogP contribution in [-0.4, -0.2) is 37.7 Å². The Balaban J connectivity index is 2.25. The van der Waals surface area contributed by atoms with Crippen molar-refractivity contribution in [3.8, 4) is 5.75 Å². The summed E-state index contributed by atoms with van der Waals surface area (Å²) in [5.74, 6) is 1.00. The van der Waals surface area contributed by atoms with Gasteiger partial charge in [-0.2, -0.15) is 0 Å². The van der Waals surface area contributed by atoms with E-state index < -0.39 is 0 Å². The molecular formula is C17H28N2O. The summed E-state index contributed by atoms with van der Waals surface area (Å²) in [5, 5.41) is 3.49. The Labute approximate surface area is 123 Å². The van der Waals surface area contributed by atoms with E-state index in [9.17, 15) is 0 Å². The summed E-state index contributed by atoms with van der Waals surface area (Å²) < 4.78 is 5.93. The molecule has 1 aliphatic rings. The molecule has 0 radical (unpaired) electrons. The van der Waals surface area contributed by atoms with Crippen molar-refractivity contribution in [3.63, 3.8) is 0 Å². The lowest BCUT2D eigenvalue weighted by Gasteiger charge is -2.43. The zero-order valence-corrected chi connectivity index (χ0v) is 13.4. The SMILES string of the molecule is CCC(C)(C(NC)c1cccc(OC2CC2)c1)N(C)C. The molecule has 1 saturated carbocycles. The first-order valence-corrected chi connectivity index (χ1v) is 7.62. The number of rotatable bonds is 7. The first kappa shape index (κ1) is 15.3. The van der Waals surface area contributed by atoms with Gasteiger partial charge in [0, 0.05) is 5.54 Å². The quantitative estimate of drug-likeness (QED) is 0.827. The number of nitrogens with zero attached hydrogens (tertiary/aromatic N) is 1. The van der Waals surface area contributed by atoms with E-state index in [1.54, 1.807) is 0 Å². The Morgan fingerprint density at radius 2 is 2.10 bits per heavy atom. The maximum absolute atomic E-state index is 5.93. The fraction of sp³-hybridized carbons (Fsp3) is 0.647. The van der Waals surface area contributed by atoms with Crippen LogP contribution < -0.4 is 10.1 Å². The minimum Gasteiger partial charge on any atom is -0.490 e. The molecule has 0 aliphatic heterocycles. The molecule has 1 aromatic carbocycles. The first-order valence-electron chi connectivity index (χ1n) is 7.62. The van der Waals surface area contributed by atoms with Crippen molar-refractivity contribution in [2.24, 2.45) is 0 Å². The fourth-order valence-corrected chi connectivity index (χ4v) is 2.76. The molecule has 3 nitrogen and oxygen atoms in total. The van der Waals surface area contributed by atoms with Crippen molar-refractivity contribution in [2.45, 2.75) is 50.8 Å². The van der Waals surface area contributed by atoms with Gasteiger partial charge in [0.2, 0.25) is 0 Å². The second kappa shape index (κ2) is 6.15. The number of benzene rings is 1. The molecule has 0 aromatic heterocycles. The maximum Gasteiger partial charge on any atom is 0.120 e. The molecule has 112 valence electrons. The van der Waals surface area contributed by atoms with Crippen LogP contribution in [0, 0.1) is 0 Å². The zero-order chi connectivity index (χ0) is 14.8. The lowest BCUT2D eigenvalue weighted by molar-refractivity contribution is 0.117. The molecule has 0 amide bonds. The van der Waals surface area contributed by atoms with Crippen LogP contribution in [0.3, 0.4) is 0 Å². The minimum atomic E-state index is 0.0763. The molecule has 3 heteroatoms. The lowest BCUT2D eigenvalue weighted by Crippen LogP contribution is -2.50. The maximum atomic E-state index is 5.93. The van der Waals surface area contributed by atoms with Crippen molar-refractivity contribution in [1.82, 2.24) is 10.2 Å². The number of hydrogen-bond donors (Lipinski definition) is 1. The van der Waals surface area contributed by atoms with Gasteiger partial charge in [-0.3, -0.25) is 0 Å². The van der Waals surface area contributed by atoms with Crippen molar-refractivity contribution in [3.05, 3.63) is 29.8 Å². The Hall–Kier alpha value is -1.06. The predicted octanol–water partition coefficient (Wildman–Crippen LogP) is 3.22. The smallest absolute Gasteiger partial charge is 0.120 e. The number of likely N-dealkylation sites (N-methyl/N-ethyl adjacent to an activating group) is 2. The molecule has 0 saturated heterocycles. The summed E-state index contributed by atoms with van der Waals surface area (Å²) in [4.78, 5) is 2.31. The normalized spacial score (nSPS) is 19.7. The van der Waals surface area contributed by atoms with Gasteiger partial charge in [-0.25, -0.2) is 0 Å². The van der Waals surface area contributed by atoms with E-state index >= 15 is 0 Å². The highest BCUT2D eigenvalue weighted by Gasteiger charge is 2.35. The van der Waals surface area contributed by atoms with Gasteiger partial charge in [0.05, 0.1) is 12.1 Å². The van der Waals surface area contributed by atoms with E-state index in [2.05, 4.69) is 62.4 Å². The van der Waals surface area contributed by atoms with Crippen molar-refractivity contribution < 1.29 is 4.74 Å². The highest BCUT2D eigenvalue weighted by molar-refractivity contribution is 5.33. The predicted molar refractivity (Wildman–Crippen MR) is 84.3 cm³/mol. The van der Waals surface area contributed by atoms with Gasteiger partial charge < -0.3 is 15.0 Å². The third kappa shape index (κ3) is 3.15. The van der Waals surface area contributed by atoms with E-state index in [4.69, 9.17) is 4.74 Å². The highest BCUT2D eigenvalue weighted by atomic mass is 16.5. The Bertz CT molecular complexity index is 442. The van der Waals surface area contributed by atoms with Crippen LogP contribution in [0.1, 0.15) is 44.7 Å². The third-order valence-corrected chi connectivity index (χ3v) is 4.67. The van der Waals surface area contributed by atoms with Gasteiger partial charge in [0.15, 0.2) is 0 Å². The molecule has 2 atom stereocenters. The van der Waals surface area contributed by atoms with Gasteiger partial charge in [-0.05, 0) is 65.0 Å². The topological polar surface area (TPSA) is 24.5 Å². The average molecular weight is 276 g/mol. The molecule has 0 heterocycles. The Kier molecular flexibility index (Phi) is 4.71. The van der Waals surface area contributed by atoms with Gasteiger partial charge in [0.25, 0.3) is 0 Å². The summed E-state index contributed by atoms with van der Waals surface area (Å²) in [6, 6.07) is 8.83. The first-order chi connectivity index (χ1) is 9.51. The molecule has 2 rings (SSSR count). The lowest BCUT2D eigenvalue weighted by atomic mass is 9.83. The second-order valence-corrected chi connectivity index (χ2v) is 6.22. The van der Waals surface area contributed by atoms with Crippen LogP contribution >= 0.6 is 0 Å². The molecule has 2 unspecified atom stereocenters. The molecule has 1 aliphatic carbocycles. The van der Waals surface area contributed by atoms with E-state index in [0.717, 1.165) is 12.2 Å². The Morgan fingerprint density at radius 3 is 2.60 bits per heavy atom. The van der Waals surface area contributed by atoms with Gasteiger partial charge in [0.1, 0.15) is 5.75 Å². The van der Waals surface area contributed by atoms with Gasteiger partial charge in [-0.15, -0.1) is 0 Å². The largest absolute Gasteiger partial charge is 0.490 e. The molecule has 1 aromatic rings. The van der Waals surface area contributed by atoms with Gasteiger partial charge in [-0.1, -0.05) is 19.1 Å². The van der Waals surface area contributed by atoms with E-state index in [-0.39, 0.29) is 11.6 Å². The van der Waals surface area contributed by atoms with Crippen LogP contribution in [0.4, 0.5) is 0 Å². The van der Waals surface area contributed by atoms with Crippen LogP contribution in [0.2, 0.25) is 0 Å². The van der Waals surface area contributed by atoms with Gasteiger partial charge >= 0.3 is 0 Å². The van der Waals surface area contributed by atoms with Crippen molar-refractivity contribution in [1.29, 1.82) is 0 Å². The molecule has 0 spiro atoms. The molecular weight excluding hydrogens is 248 g/mol. The van der Waals surface area contributed by atoms with Crippen molar-refractivity contribution >= 4 is 0 Å². The molecule has 1 fully saturated rings. The van der Waals surface area contributed by atoms with Crippen LogP contribution in [-0.2, 0) is 0 Å². The summed E-state index contributed by atoms with van der Waals surface area (Å²) in [7, 11) is 6.34. The zero-order valence-electron chi connectivity index (χ0n) is 13.4. The van der Waals surface area contributed by atoms with Crippen LogP contribution in [0.5, 0.6) is 5.75 Å². The Morgan fingerprint density at radius 1 is 1.40 bits per heavy atom. The number of ether oxygens (including phenoxy) is 1. The average Bonchev–Trinajstić information content (AvgIpc) is 3.23. The number of nitrogens with one attached hydrogen (secondary N) is 1. The molecule has 1 N–H and O–H groups in total. The summed E-state index contributed by atoms with van der Waals surface area (Å²) in [6.45, 7) is 4.55. The summed E-state index contributed by atoms with van der Waals surface area (Å²) in [6.07, 6.45) is 3.93. The monoisotopic (exact) mass is 276 g/mol. The second-order valence-electron chi connectivity index (χ2n) is 6.22. The van der Waals surface area contributed by atoms with Crippen LogP contribution in [0.25, 0.3) is 0 Å². The van der Waals surface area contributed by atoms with Crippen molar-refractivity contribution in [2.75, 3.05) is 21.1 Å². The number of hydrogen-bond acceptors (Lipinski definition) is 3. The van der Waals surface area contributed by atoms with E-state index in [0.29, 0.717) is 6.10 Å². The summed E-state index contributed by atoms with van der Waals surface area (Å²) >= 11 is 0. The highest BCUT2D eigenvalue weighted by Crippen LogP contribution is 2.35. The van der Waals surface area contributed by atoms with E-state index in [1.807, 2.05) is 7.05 Å². The fourth-order valence-electron chi connectivity index (χ4n) is 2.76. The third-order valence-electron chi connectivity index (χ3n) is 4.67. The minimum absolute atomic E-state index is 0.0763. The van der Waals surface area contributed by atoms with E-state index in [1.165, 1.54) is 18.4 Å².